The van der Waals surface area contributed by atoms with Crippen LogP contribution in [0.1, 0.15) is 51.8 Å². The summed E-state index contributed by atoms with van der Waals surface area (Å²) in [6, 6.07) is 0. The molecule has 1 saturated heterocycles. The number of thiophene rings is 1. The van der Waals surface area contributed by atoms with E-state index in [2.05, 4.69) is 4.98 Å². The Morgan fingerprint density at radius 1 is 1.19 bits per heavy atom. The maximum atomic E-state index is 13.4. The highest BCUT2D eigenvalue weighted by atomic mass is 32.1. The van der Waals surface area contributed by atoms with Crippen LogP contribution in [0.3, 0.4) is 0 Å². The van der Waals surface area contributed by atoms with Gasteiger partial charge in [0.05, 0.1) is 23.2 Å². The lowest BCUT2D eigenvalue weighted by Crippen LogP contribution is -2.56. The van der Waals surface area contributed by atoms with Gasteiger partial charge in [-0.1, -0.05) is 0 Å². The number of rotatable bonds is 7. The molecule has 37 heavy (non-hydrogen) atoms. The largest absolute Gasteiger partial charge is 0.462 e. The van der Waals surface area contributed by atoms with E-state index in [1.807, 2.05) is 0 Å². The van der Waals surface area contributed by atoms with Crippen molar-refractivity contribution >= 4 is 34.1 Å². The lowest BCUT2D eigenvalue weighted by molar-refractivity contribution is -0.148. The second-order valence-corrected chi connectivity index (χ2v) is 10.0. The van der Waals surface area contributed by atoms with Crippen LogP contribution in [0, 0.1) is 6.92 Å². The van der Waals surface area contributed by atoms with Gasteiger partial charge in [-0.25, -0.2) is 4.98 Å². The molecule has 0 radical (unpaired) electrons. The Hall–Kier alpha value is -3.13. The number of alkyl halides is 3. The van der Waals surface area contributed by atoms with Gasteiger partial charge in [0.25, 0.3) is 11.8 Å². The van der Waals surface area contributed by atoms with Crippen LogP contribution in [0.2, 0.25) is 0 Å². The lowest BCUT2D eigenvalue weighted by atomic mass is 10.0. The Bertz CT molecular complexity index is 1140. The highest BCUT2D eigenvalue weighted by molar-refractivity contribution is 7.18. The average molecular weight is 544 g/mol. The SMILES string of the molecule is CC(=O)OC1CCN(C(=O)c2sc3c(c2C)C(=O)N(CCn2ccnc2)C(O)N3CCC(F)(F)F)CC1. The predicted molar refractivity (Wildman–Crippen MR) is 127 cm³/mol. The highest BCUT2D eigenvalue weighted by Gasteiger charge is 2.42. The smallest absolute Gasteiger partial charge is 0.390 e. The summed E-state index contributed by atoms with van der Waals surface area (Å²) in [6.45, 7) is 3.33. The molecule has 2 amide bonds. The molecule has 0 aliphatic carbocycles. The number of fused-ring (bicyclic) bond motifs is 1. The van der Waals surface area contributed by atoms with Gasteiger partial charge in [0, 0.05) is 64.9 Å². The number of carbonyl (C=O) groups is 3. The van der Waals surface area contributed by atoms with Crippen LogP contribution in [0.4, 0.5) is 18.2 Å². The van der Waals surface area contributed by atoms with Crippen LogP contribution < -0.4 is 4.90 Å². The summed E-state index contributed by atoms with van der Waals surface area (Å²) < 4.78 is 46.2. The molecular weight excluding hydrogens is 515 g/mol. The summed E-state index contributed by atoms with van der Waals surface area (Å²) in [7, 11) is 0. The number of halogens is 3. The van der Waals surface area contributed by atoms with Gasteiger partial charge in [-0.15, -0.1) is 11.3 Å². The standard InChI is InChI=1S/C23H28F3N5O5S/c1-14-17-19(33)30(12-11-28-10-6-27-13-28)22(35)31(9-5-23(24,25)26)21(17)37-18(14)20(34)29-7-3-16(4-8-29)36-15(2)32/h6,10,13,16,22,35H,3-5,7-9,11-12H2,1-2H3. The minimum absolute atomic E-state index is 0.0283. The van der Waals surface area contributed by atoms with Gasteiger partial charge < -0.3 is 24.2 Å². The second kappa shape index (κ2) is 10.7. The number of hydrogen-bond acceptors (Lipinski definition) is 8. The molecule has 0 saturated carbocycles. The zero-order valence-corrected chi connectivity index (χ0v) is 21.2. The minimum Gasteiger partial charge on any atom is -0.462 e. The topological polar surface area (TPSA) is 108 Å². The Kier molecular flexibility index (Phi) is 7.78. The fraction of sp³-hybridized carbons (Fsp3) is 0.565. The summed E-state index contributed by atoms with van der Waals surface area (Å²) in [4.78, 5) is 46.0. The molecule has 4 heterocycles. The Morgan fingerprint density at radius 3 is 2.49 bits per heavy atom. The number of hydrogen-bond donors (Lipinski definition) is 1. The molecule has 202 valence electrons. The van der Waals surface area contributed by atoms with E-state index in [-0.39, 0.29) is 46.5 Å². The molecule has 0 spiro atoms. The molecule has 0 aromatic carbocycles. The van der Waals surface area contributed by atoms with E-state index in [1.165, 1.54) is 13.3 Å². The zero-order chi connectivity index (χ0) is 26.9. The van der Waals surface area contributed by atoms with Crippen LogP contribution in [0.5, 0.6) is 0 Å². The first-order valence-electron chi connectivity index (χ1n) is 11.8. The second-order valence-electron chi connectivity index (χ2n) is 9.04. The monoisotopic (exact) mass is 543 g/mol. The molecule has 2 aromatic rings. The van der Waals surface area contributed by atoms with Gasteiger partial charge in [0.1, 0.15) is 11.1 Å². The number of aliphatic hydroxyl groups is 1. The number of imidazole rings is 1. The molecule has 4 rings (SSSR count). The van der Waals surface area contributed by atoms with Crippen molar-refractivity contribution < 1.29 is 37.4 Å². The molecule has 0 bridgehead atoms. The van der Waals surface area contributed by atoms with E-state index < -0.39 is 31.4 Å². The van der Waals surface area contributed by atoms with E-state index in [9.17, 15) is 32.7 Å². The van der Waals surface area contributed by atoms with E-state index in [4.69, 9.17) is 4.74 Å². The van der Waals surface area contributed by atoms with Crippen molar-refractivity contribution in [2.45, 2.75) is 58.3 Å². The minimum atomic E-state index is -4.47. The van der Waals surface area contributed by atoms with Crippen molar-refractivity contribution in [2.75, 3.05) is 31.1 Å². The fourth-order valence-corrected chi connectivity index (χ4v) is 5.87. The molecule has 2 aromatic heterocycles. The number of likely N-dealkylation sites (tertiary alicyclic amines) is 1. The van der Waals surface area contributed by atoms with Crippen molar-refractivity contribution in [1.29, 1.82) is 0 Å². The fourth-order valence-electron chi connectivity index (χ4n) is 4.56. The van der Waals surface area contributed by atoms with Crippen molar-refractivity contribution in [3.8, 4) is 0 Å². The summed E-state index contributed by atoms with van der Waals surface area (Å²) in [5.74, 6) is -1.28. The Labute approximate surface area is 215 Å². The third-order valence-corrected chi connectivity index (χ3v) is 7.79. The summed E-state index contributed by atoms with van der Waals surface area (Å²) in [5, 5.41) is 11.1. The maximum Gasteiger partial charge on any atom is 0.390 e. The maximum absolute atomic E-state index is 13.4. The van der Waals surface area contributed by atoms with Crippen molar-refractivity contribution in [1.82, 2.24) is 19.4 Å². The third-order valence-electron chi connectivity index (χ3n) is 6.47. The molecule has 2 aliphatic heterocycles. The number of esters is 1. The Balaban J connectivity index is 1.60. The molecule has 1 fully saturated rings. The molecule has 14 heteroatoms. The van der Waals surface area contributed by atoms with Crippen molar-refractivity contribution in [2.24, 2.45) is 0 Å². The summed E-state index contributed by atoms with van der Waals surface area (Å²) in [5.41, 5.74) is 0.495. The van der Waals surface area contributed by atoms with Gasteiger partial charge in [-0.2, -0.15) is 13.2 Å². The first-order valence-corrected chi connectivity index (χ1v) is 12.7. The Morgan fingerprint density at radius 2 is 1.89 bits per heavy atom. The predicted octanol–water partition coefficient (Wildman–Crippen LogP) is 2.61. The lowest BCUT2D eigenvalue weighted by Gasteiger charge is -2.41. The molecule has 2 aliphatic rings. The first-order chi connectivity index (χ1) is 17.5. The van der Waals surface area contributed by atoms with Crippen molar-refractivity contribution in [3.05, 3.63) is 34.7 Å². The van der Waals surface area contributed by atoms with Crippen LogP contribution in [-0.4, -0.2) is 87.1 Å². The number of amides is 2. The van der Waals surface area contributed by atoms with Gasteiger partial charge >= 0.3 is 12.1 Å². The van der Waals surface area contributed by atoms with E-state index in [0.717, 1.165) is 21.1 Å². The van der Waals surface area contributed by atoms with Gasteiger partial charge in [-0.3, -0.25) is 19.3 Å². The normalized spacial score (nSPS) is 18.8. The number of piperidine rings is 1. The van der Waals surface area contributed by atoms with Crippen LogP contribution >= 0.6 is 11.3 Å². The van der Waals surface area contributed by atoms with Gasteiger partial charge in [-0.05, 0) is 12.5 Å². The van der Waals surface area contributed by atoms with Crippen LogP contribution in [0.25, 0.3) is 0 Å². The molecular formula is C23H28F3N5O5S. The average Bonchev–Trinajstić information content (AvgIpc) is 3.46. The zero-order valence-electron chi connectivity index (χ0n) is 20.4. The van der Waals surface area contributed by atoms with Crippen LogP contribution in [0.15, 0.2) is 18.7 Å². The molecule has 1 atom stereocenters. The molecule has 10 nitrogen and oxygen atoms in total. The first kappa shape index (κ1) is 26.9. The quantitative estimate of drug-likeness (QED) is 0.535. The van der Waals surface area contributed by atoms with Crippen molar-refractivity contribution in [3.63, 3.8) is 0 Å². The van der Waals surface area contributed by atoms with Gasteiger partial charge in [0.15, 0.2) is 0 Å². The van der Waals surface area contributed by atoms with E-state index in [1.54, 1.807) is 28.8 Å². The number of anilines is 1. The molecule has 1 unspecified atom stereocenters. The highest BCUT2D eigenvalue weighted by Crippen LogP contribution is 2.42. The van der Waals surface area contributed by atoms with E-state index in [0.29, 0.717) is 31.5 Å². The third kappa shape index (κ3) is 5.90. The number of ether oxygens (including phenoxy) is 1. The van der Waals surface area contributed by atoms with E-state index >= 15 is 0 Å². The summed E-state index contributed by atoms with van der Waals surface area (Å²) >= 11 is 0.919. The number of nitrogens with zero attached hydrogens (tertiary/aromatic N) is 5. The van der Waals surface area contributed by atoms with Crippen LogP contribution in [-0.2, 0) is 16.1 Å². The number of carbonyl (C=O) groups excluding carboxylic acids is 3. The number of aliphatic hydroxyl groups excluding tert-OH is 1. The molecule has 1 N–H and O–H groups in total. The summed E-state index contributed by atoms with van der Waals surface area (Å²) in [6.07, 6.45) is -1.88. The van der Waals surface area contributed by atoms with Gasteiger partial charge in [0.2, 0.25) is 6.35 Å². The number of aromatic nitrogens is 2.